The number of amides is 1. The molecular formula is C14H17NO3S. The third-order valence-corrected chi connectivity index (χ3v) is 4.52. The van der Waals surface area contributed by atoms with Crippen LogP contribution in [0.25, 0.3) is 0 Å². The van der Waals surface area contributed by atoms with Gasteiger partial charge in [0.25, 0.3) is 5.91 Å². The molecule has 2 atom stereocenters. The summed E-state index contributed by atoms with van der Waals surface area (Å²) in [5.74, 6) is -0.634. The van der Waals surface area contributed by atoms with E-state index in [1.54, 1.807) is 36.0 Å². The van der Waals surface area contributed by atoms with Crippen molar-refractivity contribution >= 4 is 23.6 Å². The maximum atomic E-state index is 12.5. The molecule has 2 unspecified atom stereocenters. The predicted molar refractivity (Wildman–Crippen MR) is 75.2 cm³/mol. The molecule has 4 nitrogen and oxygen atoms in total. The van der Waals surface area contributed by atoms with Crippen LogP contribution in [-0.4, -0.2) is 39.1 Å². The van der Waals surface area contributed by atoms with E-state index in [1.165, 1.54) is 4.90 Å². The van der Waals surface area contributed by atoms with Gasteiger partial charge < -0.3 is 10.0 Å². The van der Waals surface area contributed by atoms with Gasteiger partial charge in [-0.2, -0.15) is 0 Å². The first-order valence-electron chi connectivity index (χ1n) is 6.37. The molecule has 0 bridgehead atoms. The smallest absolute Gasteiger partial charge is 0.327 e. The number of benzene rings is 1. The second-order valence-corrected chi connectivity index (χ2v) is 5.72. The fourth-order valence-electron chi connectivity index (χ4n) is 2.23. The van der Waals surface area contributed by atoms with E-state index in [0.717, 1.165) is 12.8 Å². The molecule has 5 heteroatoms. The van der Waals surface area contributed by atoms with Crippen molar-refractivity contribution in [3.63, 3.8) is 0 Å². The topological polar surface area (TPSA) is 57.6 Å². The van der Waals surface area contributed by atoms with Crippen LogP contribution in [0.2, 0.25) is 0 Å². The number of nitrogens with zero attached hydrogens (tertiary/aromatic N) is 1. The third-order valence-electron chi connectivity index (χ3n) is 3.17. The van der Waals surface area contributed by atoms with Gasteiger partial charge in [0.15, 0.2) is 0 Å². The maximum Gasteiger partial charge on any atom is 0.327 e. The SMILES string of the molecule is CCCC1SCC(C(=O)O)N1C(=O)c1ccccc1. The zero-order valence-corrected chi connectivity index (χ0v) is 11.6. The van der Waals surface area contributed by atoms with Crippen molar-refractivity contribution in [3.8, 4) is 0 Å². The zero-order chi connectivity index (χ0) is 13.8. The first kappa shape index (κ1) is 13.9. The maximum absolute atomic E-state index is 12.5. The van der Waals surface area contributed by atoms with E-state index < -0.39 is 12.0 Å². The van der Waals surface area contributed by atoms with Crippen LogP contribution in [0.5, 0.6) is 0 Å². The normalized spacial score (nSPS) is 22.5. The first-order valence-corrected chi connectivity index (χ1v) is 7.42. The van der Waals surface area contributed by atoms with Gasteiger partial charge in [-0.15, -0.1) is 11.8 Å². The monoisotopic (exact) mass is 279 g/mol. The Morgan fingerprint density at radius 2 is 2.05 bits per heavy atom. The molecule has 1 aliphatic rings. The van der Waals surface area contributed by atoms with E-state index in [0.29, 0.717) is 11.3 Å². The van der Waals surface area contributed by atoms with Gasteiger partial charge in [-0.3, -0.25) is 4.79 Å². The molecule has 19 heavy (non-hydrogen) atoms. The minimum atomic E-state index is -0.921. The lowest BCUT2D eigenvalue weighted by Crippen LogP contribution is -2.45. The van der Waals surface area contributed by atoms with E-state index in [2.05, 4.69) is 0 Å². The molecule has 0 spiro atoms. The number of carbonyl (C=O) groups excluding carboxylic acids is 1. The van der Waals surface area contributed by atoms with Gasteiger partial charge in [0.2, 0.25) is 0 Å². The van der Waals surface area contributed by atoms with Crippen molar-refractivity contribution in [1.82, 2.24) is 4.90 Å². The molecule has 0 radical (unpaired) electrons. The van der Waals surface area contributed by atoms with Crippen LogP contribution in [0.4, 0.5) is 0 Å². The summed E-state index contributed by atoms with van der Waals surface area (Å²) in [7, 11) is 0. The van der Waals surface area contributed by atoms with Gasteiger partial charge in [0.05, 0.1) is 5.37 Å². The predicted octanol–water partition coefficient (Wildman–Crippen LogP) is 2.46. The molecule has 1 fully saturated rings. The highest BCUT2D eigenvalue weighted by molar-refractivity contribution is 8.00. The van der Waals surface area contributed by atoms with Crippen molar-refractivity contribution in [2.45, 2.75) is 31.2 Å². The van der Waals surface area contributed by atoms with Gasteiger partial charge in [-0.25, -0.2) is 4.79 Å². The highest BCUT2D eigenvalue weighted by atomic mass is 32.2. The lowest BCUT2D eigenvalue weighted by molar-refractivity contribution is -0.141. The summed E-state index contributed by atoms with van der Waals surface area (Å²) < 4.78 is 0. The summed E-state index contributed by atoms with van der Waals surface area (Å²) in [5.41, 5.74) is 0.553. The summed E-state index contributed by atoms with van der Waals surface area (Å²) in [5, 5.41) is 9.23. The van der Waals surface area contributed by atoms with Gasteiger partial charge in [0.1, 0.15) is 6.04 Å². The number of carboxylic acids is 1. The molecule has 1 aromatic rings. The van der Waals surface area contributed by atoms with Gasteiger partial charge in [-0.05, 0) is 18.6 Å². The van der Waals surface area contributed by atoms with Crippen LogP contribution in [0.15, 0.2) is 30.3 Å². The number of rotatable bonds is 4. The van der Waals surface area contributed by atoms with E-state index in [1.807, 2.05) is 13.0 Å². The van der Waals surface area contributed by atoms with Gasteiger partial charge >= 0.3 is 5.97 Å². The Kier molecular flexibility index (Phi) is 4.47. The van der Waals surface area contributed by atoms with Crippen molar-refractivity contribution in [1.29, 1.82) is 0 Å². The Balaban J connectivity index is 2.26. The second-order valence-electron chi connectivity index (χ2n) is 4.51. The average Bonchev–Trinajstić information content (AvgIpc) is 2.83. The van der Waals surface area contributed by atoms with Crippen molar-refractivity contribution in [2.75, 3.05) is 5.75 Å². The molecular weight excluding hydrogens is 262 g/mol. The summed E-state index contributed by atoms with van der Waals surface area (Å²) >= 11 is 1.56. The molecule has 0 aromatic heterocycles. The van der Waals surface area contributed by atoms with Crippen LogP contribution < -0.4 is 0 Å². The molecule has 2 rings (SSSR count). The number of hydrogen-bond donors (Lipinski definition) is 1. The van der Waals surface area contributed by atoms with E-state index in [9.17, 15) is 14.7 Å². The summed E-state index contributed by atoms with van der Waals surface area (Å²) in [6, 6.07) is 8.17. The number of thioether (sulfide) groups is 1. The molecule has 1 aromatic carbocycles. The Morgan fingerprint density at radius 1 is 1.37 bits per heavy atom. The number of aliphatic carboxylic acids is 1. The fraction of sp³-hybridized carbons (Fsp3) is 0.429. The van der Waals surface area contributed by atoms with Crippen LogP contribution >= 0.6 is 11.8 Å². The van der Waals surface area contributed by atoms with Gasteiger partial charge in [0, 0.05) is 11.3 Å². The zero-order valence-electron chi connectivity index (χ0n) is 10.8. The van der Waals surface area contributed by atoms with E-state index in [-0.39, 0.29) is 11.3 Å². The van der Waals surface area contributed by atoms with E-state index >= 15 is 0 Å². The summed E-state index contributed by atoms with van der Waals surface area (Å²) in [6.07, 6.45) is 1.76. The summed E-state index contributed by atoms with van der Waals surface area (Å²) in [6.45, 7) is 2.04. The quantitative estimate of drug-likeness (QED) is 0.919. The molecule has 1 saturated heterocycles. The van der Waals surface area contributed by atoms with Crippen LogP contribution in [0, 0.1) is 0 Å². The number of hydrogen-bond acceptors (Lipinski definition) is 3. The van der Waals surface area contributed by atoms with Crippen molar-refractivity contribution < 1.29 is 14.7 Å². The number of carboxylic acid groups (broad SMARTS) is 1. The lowest BCUT2D eigenvalue weighted by Gasteiger charge is -2.27. The minimum absolute atomic E-state index is 0.0289. The highest BCUT2D eigenvalue weighted by Gasteiger charge is 2.41. The second kappa shape index (κ2) is 6.10. The Bertz CT molecular complexity index is 463. The fourth-order valence-corrected chi connectivity index (χ4v) is 3.74. The molecule has 1 heterocycles. The highest BCUT2D eigenvalue weighted by Crippen LogP contribution is 2.33. The molecule has 1 aliphatic heterocycles. The molecule has 0 aliphatic carbocycles. The van der Waals surface area contributed by atoms with E-state index in [4.69, 9.17) is 0 Å². The summed E-state index contributed by atoms with van der Waals surface area (Å²) in [4.78, 5) is 25.3. The average molecular weight is 279 g/mol. The van der Waals surface area contributed by atoms with Crippen LogP contribution in [0.3, 0.4) is 0 Å². The van der Waals surface area contributed by atoms with Crippen molar-refractivity contribution in [2.24, 2.45) is 0 Å². The van der Waals surface area contributed by atoms with Crippen molar-refractivity contribution in [3.05, 3.63) is 35.9 Å². The standard InChI is InChI=1S/C14H17NO3S/c1-2-6-12-15(11(9-19-12)14(17)18)13(16)10-7-4-3-5-8-10/h3-5,7-8,11-12H,2,6,9H2,1H3,(H,17,18). The lowest BCUT2D eigenvalue weighted by atomic mass is 10.1. The third kappa shape index (κ3) is 2.92. The van der Waals surface area contributed by atoms with Crippen LogP contribution in [0.1, 0.15) is 30.1 Å². The van der Waals surface area contributed by atoms with Gasteiger partial charge in [-0.1, -0.05) is 31.5 Å². The minimum Gasteiger partial charge on any atom is -0.480 e. The first-order chi connectivity index (χ1) is 9.15. The molecule has 102 valence electrons. The Hall–Kier alpha value is -1.49. The Labute approximate surface area is 116 Å². The number of carbonyl (C=O) groups is 2. The Morgan fingerprint density at radius 3 is 2.63 bits per heavy atom. The molecule has 1 N–H and O–H groups in total. The molecule has 0 saturated carbocycles. The van der Waals surface area contributed by atoms with Crippen LogP contribution in [-0.2, 0) is 4.79 Å². The molecule has 1 amide bonds. The largest absolute Gasteiger partial charge is 0.480 e.